The van der Waals surface area contributed by atoms with E-state index in [4.69, 9.17) is 4.74 Å². The Hall–Kier alpha value is -3.82. The number of nitrogens with zero attached hydrogens (tertiary/aromatic N) is 1. The standard InChI is InChI=1S/C29H29NO4Si/c1-30(22-16-20(13-14-35(2,3)4)15-21(17-22)18-28(31)32)29(33)34-19-27-25-11-7-5-9-23(25)24-10-6-8-12-26(24)27/h5-12,15-17,27H,18-19H2,1-4H3,(H,31,32). The van der Waals surface area contributed by atoms with Crippen molar-refractivity contribution in [3.63, 3.8) is 0 Å². The third-order valence-corrected chi connectivity index (χ3v) is 6.79. The summed E-state index contributed by atoms with van der Waals surface area (Å²) in [5.41, 5.74) is 9.78. The second-order valence-corrected chi connectivity index (χ2v) is 14.6. The van der Waals surface area contributed by atoms with Crippen LogP contribution >= 0.6 is 0 Å². The molecule has 0 heterocycles. The van der Waals surface area contributed by atoms with Gasteiger partial charge in [0.25, 0.3) is 0 Å². The van der Waals surface area contributed by atoms with Crippen molar-refractivity contribution >= 4 is 25.8 Å². The maximum Gasteiger partial charge on any atom is 0.414 e. The zero-order chi connectivity index (χ0) is 25.2. The molecule has 3 aromatic rings. The van der Waals surface area contributed by atoms with E-state index in [0.717, 1.165) is 11.1 Å². The van der Waals surface area contributed by atoms with Gasteiger partial charge in [-0.2, -0.15) is 0 Å². The zero-order valence-corrected chi connectivity index (χ0v) is 21.5. The second-order valence-electron chi connectivity index (χ2n) is 9.82. The lowest BCUT2D eigenvalue weighted by Crippen LogP contribution is -2.28. The van der Waals surface area contributed by atoms with Crippen molar-refractivity contribution in [1.82, 2.24) is 0 Å². The lowest BCUT2D eigenvalue weighted by Gasteiger charge is -2.20. The normalized spacial score (nSPS) is 12.2. The minimum atomic E-state index is -1.62. The second kappa shape index (κ2) is 9.81. The molecule has 0 spiro atoms. The Morgan fingerprint density at radius 3 is 2.14 bits per heavy atom. The number of carbonyl (C=O) groups excluding carboxylic acids is 1. The van der Waals surface area contributed by atoms with E-state index >= 15 is 0 Å². The molecule has 1 aliphatic carbocycles. The molecule has 35 heavy (non-hydrogen) atoms. The van der Waals surface area contributed by atoms with Crippen molar-refractivity contribution in [3.8, 4) is 22.6 Å². The number of carboxylic acids is 1. The molecule has 0 saturated heterocycles. The zero-order valence-electron chi connectivity index (χ0n) is 20.5. The molecule has 178 valence electrons. The summed E-state index contributed by atoms with van der Waals surface area (Å²) in [6.07, 6.45) is -0.642. The number of hydrogen-bond acceptors (Lipinski definition) is 3. The van der Waals surface area contributed by atoms with Crippen molar-refractivity contribution in [2.45, 2.75) is 32.0 Å². The average Bonchev–Trinajstić information content (AvgIpc) is 3.13. The van der Waals surface area contributed by atoms with Crippen LogP contribution in [0, 0.1) is 11.5 Å². The Balaban J connectivity index is 1.56. The van der Waals surface area contributed by atoms with Crippen LogP contribution in [-0.2, 0) is 16.0 Å². The van der Waals surface area contributed by atoms with Gasteiger partial charge in [-0.05, 0) is 46.0 Å². The number of ether oxygens (including phenoxy) is 1. The van der Waals surface area contributed by atoms with Gasteiger partial charge in [-0.15, -0.1) is 5.54 Å². The van der Waals surface area contributed by atoms with E-state index in [0.29, 0.717) is 16.8 Å². The molecule has 0 aromatic heterocycles. The number of benzene rings is 3. The SMILES string of the molecule is CN(C(=O)OCC1c2ccccc2-c2ccccc21)c1cc(C#C[Si](C)(C)C)cc(CC(=O)O)c1. The first-order valence-corrected chi connectivity index (χ1v) is 15.1. The van der Waals surface area contributed by atoms with E-state index in [1.165, 1.54) is 16.0 Å². The van der Waals surface area contributed by atoms with Crippen LogP contribution in [0.3, 0.4) is 0 Å². The minimum absolute atomic E-state index is 0.0312. The van der Waals surface area contributed by atoms with Gasteiger partial charge in [-0.3, -0.25) is 9.69 Å². The monoisotopic (exact) mass is 483 g/mol. The summed E-state index contributed by atoms with van der Waals surface area (Å²) < 4.78 is 5.77. The third-order valence-electron chi connectivity index (χ3n) is 5.91. The van der Waals surface area contributed by atoms with Crippen molar-refractivity contribution in [1.29, 1.82) is 0 Å². The Labute approximate surface area is 207 Å². The number of aliphatic carboxylic acids is 1. The number of amides is 1. The topological polar surface area (TPSA) is 66.8 Å². The molecule has 1 amide bonds. The van der Waals surface area contributed by atoms with Crippen LogP contribution in [0.4, 0.5) is 10.5 Å². The number of fused-ring (bicyclic) bond motifs is 3. The van der Waals surface area contributed by atoms with Gasteiger partial charge < -0.3 is 9.84 Å². The van der Waals surface area contributed by atoms with Crippen molar-refractivity contribution in [2.24, 2.45) is 0 Å². The summed E-state index contributed by atoms with van der Waals surface area (Å²) in [5.74, 6) is 2.20. The van der Waals surface area contributed by atoms with Gasteiger partial charge >= 0.3 is 12.1 Å². The molecule has 1 aliphatic rings. The van der Waals surface area contributed by atoms with E-state index in [9.17, 15) is 14.7 Å². The quantitative estimate of drug-likeness (QED) is 0.361. The number of anilines is 1. The molecule has 1 N–H and O–H groups in total. The summed E-state index contributed by atoms with van der Waals surface area (Å²) in [6, 6.07) is 21.7. The summed E-state index contributed by atoms with van der Waals surface area (Å²) in [4.78, 5) is 25.8. The summed E-state index contributed by atoms with van der Waals surface area (Å²) in [7, 11) is 0.00907. The van der Waals surface area contributed by atoms with Gasteiger partial charge in [0.1, 0.15) is 14.7 Å². The first-order chi connectivity index (χ1) is 16.6. The molecule has 5 nitrogen and oxygen atoms in total. The van der Waals surface area contributed by atoms with Gasteiger partial charge in [0.05, 0.1) is 6.42 Å². The lowest BCUT2D eigenvalue weighted by molar-refractivity contribution is -0.136. The Morgan fingerprint density at radius 1 is 0.971 bits per heavy atom. The third kappa shape index (κ3) is 5.64. The van der Waals surface area contributed by atoms with Gasteiger partial charge in [-0.25, -0.2) is 4.79 Å². The molecule has 3 aromatic carbocycles. The van der Waals surface area contributed by atoms with Crippen LogP contribution in [0.2, 0.25) is 19.6 Å². The van der Waals surface area contributed by atoms with Gasteiger partial charge in [0.15, 0.2) is 0 Å². The highest BCUT2D eigenvalue weighted by Crippen LogP contribution is 2.44. The van der Waals surface area contributed by atoms with Crippen molar-refractivity contribution in [3.05, 3.63) is 89.0 Å². The predicted molar refractivity (Wildman–Crippen MR) is 141 cm³/mol. The molecule has 0 aliphatic heterocycles. The van der Waals surface area contributed by atoms with Crippen LogP contribution in [0.1, 0.15) is 28.2 Å². The highest BCUT2D eigenvalue weighted by atomic mass is 28.3. The average molecular weight is 484 g/mol. The number of carboxylic acid groups (broad SMARTS) is 1. The Morgan fingerprint density at radius 2 is 1.57 bits per heavy atom. The molecule has 4 rings (SSSR count). The predicted octanol–water partition coefficient (Wildman–Crippen LogP) is 5.93. The van der Waals surface area contributed by atoms with Crippen LogP contribution < -0.4 is 4.90 Å². The summed E-state index contributed by atoms with van der Waals surface area (Å²) >= 11 is 0. The van der Waals surface area contributed by atoms with Crippen molar-refractivity contribution in [2.75, 3.05) is 18.6 Å². The number of carbonyl (C=O) groups is 2. The van der Waals surface area contributed by atoms with E-state index < -0.39 is 20.1 Å². The summed E-state index contributed by atoms with van der Waals surface area (Å²) in [6.45, 7) is 6.65. The van der Waals surface area contributed by atoms with Crippen molar-refractivity contribution < 1.29 is 19.4 Å². The Kier molecular flexibility index (Phi) is 6.81. The molecule has 0 atom stereocenters. The number of hydrogen-bond donors (Lipinski definition) is 1. The lowest BCUT2D eigenvalue weighted by atomic mass is 9.98. The molecule has 6 heteroatoms. The molecule has 0 bridgehead atoms. The van der Waals surface area contributed by atoms with Crippen LogP contribution in [0.5, 0.6) is 0 Å². The van der Waals surface area contributed by atoms with Gasteiger partial charge in [0.2, 0.25) is 0 Å². The molecule has 0 fully saturated rings. The van der Waals surface area contributed by atoms with E-state index in [1.54, 1.807) is 25.2 Å². The minimum Gasteiger partial charge on any atom is -0.481 e. The fraction of sp³-hybridized carbons (Fsp3) is 0.241. The fourth-order valence-electron chi connectivity index (χ4n) is 4.27. The van der Waals surface area contributed by atoms with E-state index in [-0.39, 0.29) is 18.9 Å². The largest absolute Gasteiger partial charge is 0.481 e. The molecule has 0 radical (unpaired) electrons. The van der Waals surface area contributed by atoms with Crippen LogP contribution in [0.15, 0.2) is 66.7 Å². The Bertz CT molecular complexity index is 1300. The summed E-state index contributed by atoms with van der Waals surface area (Å²) in [5, 5.41) is 9.29. The molecular weight excluding hydrogens is 454 g/mol. The van der Waals surface area contributed by atoms with E-state index in [1.807, 2.05) is 24.3 Å². The van der Waals surface area contributed by atoms with Gasteiger partial charge in [0, 0.05) is 24.2 Å². The smallest absolute Gasteiger partial charge is 0.414 e. The fourth-order valence-corrected chi connectivity index (χ4v) is 4.79. The van der Waals surface area contributed by atoms with E-state index in [2.05, 4.69) is 55.4 Å². The first-order valence-electron chi connectivity index (χ1n) is 11.6. The molecule has 0 unspecified atom stereocenters. The number of rotatable bonds is 5. The highest BCUT2D eigenvalue weighted by Gasteiger charge is 2.29. The molecular formula is C29H29NO4Si. The van der Waals surface area contributed by atoms with Gasteiger partial charge in [-0.1, -0.05) is 74.1 Å². The first kappa shape index (κ1) is 24.3. The maximum atomic E-state index is 13.0. The van der Waals surface area contributed by atoms with Crippen LogP contribution in [-0.4, -0.2) is 38.9 Å². The molecule has 0 saturated carbocycles. The van der Waals surface area contributed by atoms with Crippen LogP contribution in [0.25, 0.3) is 11.1 Å². The maximum absolute atomic E-state index is 13.0. The highest BCUT2D eigenvalue weighted by molar-refractivity contribution is 6.83.